The lowest BCUT2D eigenvalue weighted by atomic mass is 10.00. The second-order valence-corrected chi connectivity index (χ2v) is 24.0. The standard InChI is InChI=1S/C46H28N4.C40H25N3/c1-2-14-32(15-3-1)49-39-21-11-9-18-35(39)36-25-22-31(28-42(36)49)45-37-19-8-10-20-38(37)47-46(48-45)50-40-26-23-29-12-4-6-16-33(29)43(40)44-34-17-7-5-13-30(34)24-27-41(44)50;1-2-11-26(12-3-1)29-15-10-16-30(25-29)39-33-19-8-9-20-34(33)41-40(42-39)43-35-23-21-27-13-4-6-17-31(27)37(35)38-32-18-7-5-14-28(32)22-24-36(38)43/h1-28H;1-25H. The number of para-hydroxylation sites is 4. The second kappa shape index (κ2) is 21.0. The Labute approximate surface area is 533 Å². The van der Waals surface area contributed by atoms with Crippen molar-refractivity contribution in [3.05, 3.63) is 322 Å². The lowest BCUT2D eigenvalue weighted by Gasteiger charge is -2.13. The number of aromatic nitrogens is 7. The van der Waals surface area contributed by atoms with Crippen LogP contribution in [0.25, 0.3) is 182 Å². The Kier molecular flexibility index (Phi) is 11.8. The van der Waals surface area contributed by atoms with Crippen molar-refractivity contribution < 1.29 is 0 Å². The Bertz CT molecular complexity index is 6250. The maximum Gasteiger partial charge on any atom is 0.235 e. The van der Waals surface area contributed by atoms with Crippen LogP contribution in [0.3, 0.4) is 0 Å². The van der Waals surface area contributed by atoms with Gasteiger partial charge in [-0.1, -0.05) is 255 Å². The van der Waals surface area contributed by atoms with E-state index in [0.29, 0.717) is 11.9 Å². The van der Waals surface area contributed by atoms with Gasteiger partial charge < -0.3 is 4.57 Å². The minimum atomic E-state index is 0.660. The highest BCUT2D eigenvalue weighted by molar-refractivity contribution is 6.30. The van der Waals surface area contributed by atoms with E-state index in [2.05, 4.69) is 335 Å². The predicted octanol–water partition coefficient (Wildman–Crippen LogP) is 22.2. The number of benzene rings is 15. The van der Waals surface area contributed by atoms with Gasteiger partial charge in [0.15, 0.2) is 0 Å². The normalized spacial score (nSPS) is 11.9. The van der Waals surface area contributed by atoms with E-state index in [0.717, 1.165) is 83.2 Å². The van der Waals surface area contributed by atoms with Crippen LogP contribution in [0, 0.1) is 0 Å². The summed E-state index contributed by atoms with van der Waals surface area (Å²) in [6, 6.07) is 114. The van der Waals surface area contributed by atoms with E-state index in [1.165, 1.54) is 86.5 Å². The molecule has 432 valence electrons. The first-order valence-corrected chi connectivity index (χ1v) is 31.6. The van der Waals surface area contributed by atoms with Crippen LogP contribution in [-0.4, -0.2) is 33.6 Å². The Morgan fingerprint density at radius 3 is 1.04 bits per heavy atom. The van der Waals surface area contributed by atoms with Gasteiger partial charge in [0.2, 0.25) is 11.9 Å². The average Bonchev–Trinajstić information content (AvgIpc) is 1.58. The van der Waals surface area contributed by atoms with Gasteiger partial charge in [0.1, 0.15) is 0 Å². The van der Waals surface area contributed by atoms with E-state index >= 15 is 0 Å². The molecule has 0 N–H and O–H groups in total. The van der Waals surface area contributed by atoms with Crippen LogP contribution in [0.5, 0.6) is 0 Å². The van der Waals surface area contributed by atoms with Gasteiger partial charge in [0.25, 0.3) is 0 Å². The van der Waals surface area contributed by atoms with E-state index in [1.807, 2.05) is 0 Å². The maximum atomic E-state index is 5.48. The second-order valence-electron chi connectivity index (χ2n) is 24.0. The van der Waals surface area contributed by atoms with Gasteiger partial charge >= 0.3 is 0 Å². The van der Waals surface area contributed by atoms with Crippen LogP contribution in [0.2, 0.25) is 0 Å². The van der Waals surface area contributed by atoms with Crippen LogP contribution in [-0.2, 0) is 0 Å². The minimum absolute atomic E-state index is 0.660. The zero-order valence-electron chi connectivity index (χ0n) is 50.2. The van der Waals surface area contributed by atoms with Gasteiger partial charge in [-0.05, 0) is 121 Å². The zero-order valence-corrected chi connectivity index (χ0v) is 50.2. The van der Waals surface area contributed by atoms with Crippen molar-refractivity contribution in [2.24, 2.45) is 0 Å². The van der Waals surface area contributed by atoms with Gasteiger partial charge in [0.05, 0.1) is 55.5 Å². The first-order chi connectivity index (χ1) is 46.1. The van der Waals surface area contributed by atoms with Gasteiger partial charge in [-0.25, -0.2) is 19.9 Å². The molecule has 20 rings (SSSR count). The summed E-state index contributed by atoms with van der Waals surface area (Å²) < 4.78 is 6.88. The minimum Gasteiger partial charge on any atom is -0.309 e. The summed E-state index contributed by atoms with van der Waals surface area (Å²) in [6.07, 6.45) is 0. The summed E-state index contributed by atoms with van der Waals surface area (Å²) in [5.74, 6) is 1.33. The third-order valence-electron chi connectivity index (χ3n) is 18.9. The summed E-state index contributed by atoms with van der Waals surface area (Å²) in [7, 11) is 0. The molecule has 0 amide bonds. The summed E-state index contributed by atoms with van der Waals surface area (Å²) in [4.78, 5) is 21.3. The molecule has 0 saturated carbocycles. The number of hydrogen-bond acceptors (Lipinski definition) is 4. The molecule has 5 aromatic heterocycles. The molecule has 0 aliphatic heterocycles. The average molecular weight is 1180 g/mol. The van der Waals surface area contributed by atoms with E-state index in [4.69, 9.17) is 19.9 Å². The molecule has 0 spiro atoms. The molecular weight excluding hydrogens is 1130 g/mol. The molecule has 15 aromatic carbocycles. The molecule has 0 bridgehead atoms. The fourth-order valence-electron chi connectivity index (χ4n) is 14.7. The first kappa shape index (κ1) is 52.4. The Morgan fingerprint density at radius 2 is 0.559 bits per heavy atom. The molecule has 0 saturated heterocycles. The Hall–Kier alpha value is -12.6. The van der Waals surface area contributed by atoms with E-state index < -0.39 is 0 Å². The number of hydrogen-bond donors (Lipinski definition) is 0. The van der Waals surface area contributed by atoms with Gasteiger partial charge in [-0.15, -0.1) is 0 Å². The molecule has 0 aliphatic carbocycles. The lowest BCUT2D eigenvalue weighted by molar-refractivity contribution is 1.01. The quantitative estimate of drug-likeness (QED) is 0.166. The van der Waals surface area contributed by atoms with Crippen molar-refractivity contribution in [3.63, 3.8) is 0 Å². The molecule has 93 heavy (non-hydrogen) atoms. The lowest BCUT2D eigenvalue weighted by Crippen LogP contribution is -2.03. The number of fused-ring (bicyclic) bond motifs is 19. The van der Waals surface area contributed by atoms with E-state index in [9.17, 15) is 0 Å². The summed E-state index contributed by atoms with van der Waals surface area (Å²) >= 11 is 0. The molecule has 7 nitrogen and oxygen atoms in total. The van der Waals surface area contributed by atoms with Crippen LogP contribution in [0.4, 0.5) is 0 Å². The van der Waals surface area contributed by atoms with Crippen molar-refractivity contribution in [2.45, 2.75) is 0 Å². The summed E-state index contributed by atoms with van der Waals surface area (Å²) in [5.41, 5.74) is 16.0. The predicted molar refractivity (Wildman–Crippen MR) is 388 cm³/mol. The highest BCUT2D eigenvalue weighted by Crippen LogP contribution is 2.44. The molecule has 5 heterocycles. The number of nitrogens with zero attached hydrogens (tertiary/aromatic N) is 7. The van der Waals surface area contributed by atoms with E-state index in [-0.39, 0.29) is 0 Å². The maximum absolute atomic E-state index is 5.48. The zero-order chi connectivity index (χ0) is 61.1. The smallest absolute Gasteiger partial charge is 0.235 e. The van der Waals surface area contributed by atoms with Crippen LogP contribution in [0.1, 0.15) is 0 Å². The molecule has 20 aromatic rings. The van der Waals surface area contributed by atoms with Crippen LogP contribution < -0.4 is 0 Å². The highest BCUT2D eigenvalue weighted by Gasteiger charge is 2.24. The molecule has 0 fully saturated rings. The first-order valence-electron chi connectivity index (χ1n) is 31.6. The third-order valence-corrected chi connectivity index (χ3v) is 18.9. The van der Waals surface area contributed by atoms with Crippen molar-refractivity contribution in [1.82, 2.24) is 33.6 Å². The Balaban J connectivity index is 0.000000134. The van der Waals surface area contributed by atoms with Crippen LogP contribution in [0.15, 0.2) is 322 Å². The largest absolute Gasteiger partial charge is 0.309 e. The van der Waals surface area contributed by atoms with E-state index in [1.54, 1.807) is 0 Å². The third kappa shape index (κ3) is 8.30. The fraction of sp³-hybridized carbons (Fsp3) is 0. The number of rotatable bonds is 6. The van der Waals surface area contributed by atoms with Crippen LogP contribution >= 0.6 is 0 Å². The molecule has 7 heteroatoms. The van der Waals surface area contributed by atoms with Crippen molar-refractivity contribution >= 4 is 130 Å². The summed E-state index contributed by atoms with van der Waals surface area (Å²) in [5, 5.41) is 19.2. The van der Waals surface area contributed by atoms with Gasteiger partial charge in [0, 0.05) is 59.9 Å². The molecule has 0 atom stereocenters. The van der Waals surface area contributed by atoms with Gasteiger partial charge in [-0.2, -0.15) is 0 Å². The SMILES string of the molecule is c1ccc(-c2cccc(-c3nc(-n4c5ccc6ccccc6c5c5c6ccccc6ccc54)nc4ccccc34)c2)cc1.c1ccc(-n2c3ccccc3c3ccc(-c4nc(-n5c6ccc7ccccc7c6c6c7ccccc7ccc65)nc5ccccc45)cc32)cc1. The van der Waals surface area contributed by atoms with Gasteiger partial charge in [-0.3, -0.25) is 9.13 Å². The van der Waals surface area contributed by atoms with Crippen molar-refractivity contribution in [2.75, 3.05) is 0 Å². The fourth-order valence-corrected chi connectivity index (χ4v) is 14.7. The van der Waals surface area contributed by atoms with Crippen molar-refractivity contribution in [3.8, 4) is 51.2 Å². The molecular formula is C86H53N7. The highest BCUT2D eigenvalue weighted by atomic mass is 15.2. The topological polar surface area (TPSA) is 66.3 Å². The van der Waals surface area contributed by atoms with Crippen molar-refractivity contribution in [1.29, 1.82) is 0 Å². The summed E-state index contributed by atoms with van der Waals surface area (Å²) in [6.45, 7) is 0. The Morgan fingerprint density at radius 1 is 0.194 bits per heavy atom. The molecule has 0 aliphatic rings. The molecule has 0 radical (unpaired) electrons. The monoisotopic (exact) mass is 1180 g/mol. The molecule has 0 unspecified atom stereocenters.